The molecular weight excluding hydrogens is 608 g/mol. The van der Waals surface area contributed by atoms with Gasteiger partial charge in [0.05, 0.1) is 11.2 Å². The lowest BCUT2D eigenvalue weighted by molar-refractivity contribution is -0.0482. The van der Waals surface area contributed by atoms with E-state index in [1.165, 1.54) is 21.5 Å². The van der Waals surface area contributed by atoms with Gasteiger partial charge in [0.1, 0.15) is 24.7 Å². The van der Waals surface area contributed by atoms with Crippen molar-refractivity contribution in [3.05, 3.63) is 156 Å². The van der Waals surface area contributed by atoms with Gasteiger partial charge < -0.3 is 23.7 Å². The van der Waals surface area contributed by atoms with Gasteiger partial charge in [-0.1, -0.05) is 97.1 Å². The quantitative estimate of drug-likeness (QED) is 0.0972. The van der Waals surface area contributed by atoms with Gasteiger partial charge in [0, 0.05) is 40.3 Å². The molecule has 2 atom stereocenters. The van der Waals surface area contributed by atoms with Crippen LogP contribution < -0.4 is 9.47 Å². The summed E-state index contributed by atoms with van der Waals surface area (Å²) in [5.74, 6) is 1.63. The Morgan fingerprint density at radius 2 is 0.878 bits per heavy atom. The molecule has 0 spiro atoms. The summed E-state index contributed by atoms with van der Waals surface area (Å²) in [4.78, 5) is 0. The van der Waals surface area contributed by atoms with Gasteiger partial charge >= 0.3 is 0 Å². The second-order valence-corrected chi connectivity index (χ2v) is 13.0. The first-order valence-electron chi connectivity index (χ1n) is 17.0. The van der Waals surface area contributed by atoms with E-state index in [9.17, 15) is 0 Å². The van der Waals surface area contributed by atoms with E-state index in [4.69, 9.17) is 23.7 Å². The van der Waals surface area contributed by atoms with Crippen LogP contribution in [-0.4, -0.2) is 27.4 Å². The molecule has 0 radical (unpaired) electrons. The van der Waals surface area contributed by atoms with Gasteiger partial charge in [-0.05, 0) is 94.0 Å². The predicted octanol–water partition coefficient (Wildman–Crippen LogP) is 10.4. The van der Waals surface area contributed by atoms with Gasteiger partial charge in [0.15, 0.2) is 0 Å². The minimum atomic E-state index is -0.524. The van der Waals surface area contributed by atoms with Gasteiger partial charge in [-0.2, -0.15) is 0 Å². The molecule has 0 aromatic heterocycles. The summed E-state index contributed by atoms with van der Waals surface area (Å²) in [6, 6.07) is 46.0. The van der Waals surface area contributed by atoms with Crippen molar-refractivity contribution >= 4 is 21.5 Å². The Balaban J connectivity index is 1.00. The number of ether oxygens (including phenoxy) is 5. The molecule has 0 heterocycles. The van der Waals surface area contributed by atoms with Crippen molar-refractivity contribution < 1.29 is 23.7 Å². The van der Waals surface area contributed by atoms with Crippen LogP contribution >= 0.6 is 0 Å². The summed E-state index contributed by atoms with van der Waals surface area (Å²) in [5.41, 5.74) is 3.33. The highest BCUT2D eigenvalue weighted by molar-refractivity contribution is 5.83. The first-order chi connectivity index (χ1) is 23.9. The molecule has 5 heteroatoms. The normalized spacial score (nSPS) is 14.0. The van der Waals surface area contributed by atoms with Crippen molar-refractivity contribution in [2.45, 2.75) is 51.1 Å². The summed E-state index contributed by atoms with van der Waals surface area (Å²) < 4.78 is 30.7. The van der Waals surface area contributed by atoms with Gasteiger partial charge in [0.2, 0.25) is 0 Å². The second kappa shape index (κ2) is 15.7. The monoisotopic (exact) mass is 654 g/mol. The van der Waals surface area contributed by atoms with E-state index in [-0.39, 0.29) is 0 Å². The molecule has 0 amide bonds. The maximum atomic E-state index is 6.21. The van der Waals surface area contributed by atoms with Crippen molar-refractivity contribution in [3.63, 3.8) is 0 Å². The molecule has 0 N–H and O–H groups in total. The van der Waals surface area contributed by atoms with E-state index >= 15 is 0 Å². The molecule has 0 saturated carbocycles. The first kappa shape index (κ1) is 34.2. The van der Waals surface area contributed by atoms with Gasteiger partial charge in [-0.25, -0.2) is 0 Å². The third kappa shape index (κ3) is 8.49. The van der Waals surface area contributed by atoms with Crippen LogP contribution in [0.4, 0.5) is 0 Å². The summed E-state index contributed by atoms with van der Waals surface area (Å²) in [5, 5.41) is 4.88. The minimum absolute atomic E-state index is 0.499. The summed E-state index contributed by atoms with van der Waals surface area (Å²) >= 11 is 0. The first-order valence-corrected chi connectivity index (χ1v) is 17.0. The molecule has 0 aliphatic heterocycles. The highest BCUT2D eigenvalue weighted by Gasteiger charge is 2.29. The maximum absolute atomic E-state index is 6.21. The Bertz CT molecular complexity index is 1840. The lowest BCUT2D eigenvalue weighted by atomic mass is 9.92. The molecular formula is C44H46O5. The Labute approximate surface area is 290 Å². The maximum Gasteiger partial charge on any atom is 0.120 e. The SMILES string of the molecule is COC(C)(CCOCCC(C)(OC)c1cccc(OCc2ccc3ccccc3c2)c1)c1cccc(OCc2ccc3ccccc3c2)c1. The molecule has 2 unspecified atom stereocenters. The van der Waals surface area contributed by atoms with Crippen LogP contribution in [-0.2, 0) is 38.6 Å². The van der Waals surface area contributed by atoms with E-state index in [1.807, 2.05) is 24.3 Å². The predicted molar refractivity (Wildman–Crippen MR) is 198 cm³/mol. The lowest BCUT2D eigenvalue weighted by Gasteiger charge is -2.31. The fourth-order valence-electron chi connectivity index (χ4n) is 6.18. The topological polar surface area (TPSA) is 46.2 Å². The molecule has 0 aliphatic rings. The van der Waals surface area contributed by atoms with Gasteiger partial charge in [-0.15, -0.1) is 0 Å². The lowest BCUT2D eigenvalue weighted by Crippen LogP contribution is -2.28. The third-order valence-electron chi connectivity index (χ3n) is 9.68. The Kier molecular flexibility index (Phi) is 10.9. The van der Waals surface area contributed by atoms with E-state index in [0.29, 0.717) is 39.3 Å². The summed E-state index contributed by atoms with van der Waals surface area (Å²) in [6.45, 7) is 6.28. The zero-order valence-corrected chi connectivity index (χ0v) is 29.0. The van der Waals surface area contributed by atoms with Crippen LogP contribution in [0.5, 0.6) is 11.5 Å². The molecule has 6 rings (SSSR count). The fraction of sp³-hybridized carbons (Fsp3) is 0.273. The highest BCUT2D eigenvalue weighted by atomic mass is 16.5. The number of hydrogen-bond donors (Lipinski definition) is 0. The average molecular weight is 655 g/mol. The zero-order chi connectivity index (χ0) is 34.1. The summed E-state index contributed by atoms with van der Waals surface area (Å²) in [7, 11) is 3.50. The van der Waals surface area contributed by atoms with Crippen molar-refractivity contribution in [2.75, 3.05) is 27.4 Å². The fourth-order valence-corrected chi connectivity index (χ4v) is 6.18. The molecule has 6 aromatic carbocycles. The van der Waals surface area contributed by atoms with Crippen LogP contribution in [0.15, 0.2) is 133 Å². The number of hydrogen-bond acceptors (Lipinski definition) is 5. The van der Waals surface area contributed by atoms with Crippen LogP contribution in [0.25, 0.3) is 21.5 Å². The average Bonchev–Trinajstić information content (AvgIpc) is 3.16. The van der Waals surface area contributed by atoms with Crippen LogP contribution in [0.1, 0.15) is 48.9 Å². The second-order valence-electron chi connectivity index (χ2n) is 13.0. The van der Waals surface area contributed by atoms with Crippen molar-refractivity contribution in [1.82, 2.24) is 0 Å². The van der Waals surface area contributed by atoms with Crippen LogP contribution in [0.2, 0.25) is 0 Å². The largest absolute Gasteiger partial charge is 0.489 e. The van der Waals surface area contributed by atoms with Crippen LogP contribution in [0, 0.1) is 0 Å². The molecule has 0 saturated heterocycles. The number of methoxy groups -OCH3 is 2. The standard InChI is InChI=1S/C44H46O5/c1-43(45-3,39-15-9-17-41(29-39)48-31-33-19-21-35-11-5-7-13-37(35)27-33)23-25-47-26-24-44(2,46-4)40-16-10-18-42(30-40)49-32-34-20-22-36-12-6-8-14-38(36)28-34/h5-22,27-30H,23-26,31-32H2,1-4H3. The third-order valence-corrected chi connectivity index (χ3v) is 9.68. The molecule has 0 aliphatic carbocycles. The highest BCUT2D eigenvalue weighted by Crippen LogP contribution is 2.33. The zero-order valence-electron chi connectivity index (χ0n) is 29.0. The molecule has 49 heavy (non-hydrogen) atoms. The van der Waals surface area contributed by atoms with Crippen LogP contribution in [0.3, 0.4) is 0 Å². The van der Waals surface area contributed by atoms with Crippen molar-refractivity contribution in [1.29, 1.82) is 0 Å². The molecule has 0 fully saturated rings. The molecule has 252 valence electrons. The van der Waals surface area contributed by atoms with E-state index < -0.39 is 11.2 Å². The van der Waals surface area contributed by atoms with E-state index in [1.54, 1.807) is 14.2 Å². The Morgan fingerprint density at radius 1 is 0.449 bits per heavy atom. The van der Waals surface area contributed by atoms with E-state index in [2.05, 4.69) is 123 Å². The smallest absolute Gasteiger partial charge is 0.120 e. The molecule has 5 nitrogen and oxygen atoms in total. The number of fused-ring (bicyclic) bond motifs is 2. The van der Waals surface area contributed by atoms with Crippen molar-refractivity contribution in [2.24, 2.45) is 0 Å². The molecule has 6 aromatic rings. The minimum Gasteiger partial charge on any atom is -0.489 e. The Morgan fingerprint density at radius 3 is 1.31 bits per heavy atom. The van der Waals surface area contributed by atoms with E-state index in [0.717, 1.165) is 33.8 Å². The van der Waals surface area contributed by atoms with Gasteiger partial charge in [-0.3, -0.25) is 0 Å². The molecule has 0 bridgehead atoms. The summed E-state index contributed by atoms with van der Waals surface area (Å²) in [6.07, 6.45) is 1.39. The Hall–Kier alpha value is -4.68. The number of benzene rings is 6. The van der Waals surface area contributed by atoms with Crippen molar-refractivity contribution in [3.8, 4) is 11.5 Å². The number of rotatable bonds is 16. The van der Waals surface area contributed by atoms with Gasteiger partial charge in [0.25, 0.3) is 0 Å².